The van der Waals surface area contributed by atoms with Crippen LogP contribution in [0.5, 0.6) is 0 Å². The summed E-state index contributed by atoms with van der Waals surface area (Å²) in [6, 6.07) is 12.9. The Balaban J connectivity index is 1.76. The minimum atomic E-state index is -3.86. The van der Waals surface area contributed by atoms with Crippen LogP contribution in [0, 0.1) is 13.8 Å². The average Bonchev–Trinajstić information content (AvgIpc) is 3.19. The SMILES string of the molecule is C=CN(CCc1cn(S(=O)(=O)c2ccc(C)cc2)nn1)S(=O)(=O)c1ccc(C)cc1. The lowest BCUT2D eigenvalue weighted by atomic mass is 10.2. The second kappa shape index (κ2) is 8.41. The van der Waals surface area contributed by atoms with Crippen molar-refractivity contribution in [3.63, 3.8) is 0 Å². The van der Waals surface area contributed by atoms with Gasteiger partial charge in [0.15, 0.2) is 0 Å². The second-order valence-corrected chi connectivity index (χ2v) is 10.4. The van der Waals surface area contributed by atoms with Gasteiger partial charge in [0.05, 0.1) is 21.7 Å². The molecule has 0 saturated heterocycles. The molecule has 0 spiro atoms. The molecule has 1 heterocycles. The second-order valence-electron chi connectivity index (χ2n) is 6.76. The minimum absolute atomic E-state index is 0.0446. The molecule has 0 unspecified atom stereocenters. The zero-order chi connectivity index (χ0) is 21.9. The Bertz CT molecular complexity index is 1250. The highest BCUT2D eigenvalue weighted by Gasteiger charge is 2.22. The first-order valence-electron chi connectivity index (χ1n) is 9.09. The fourth-order valence-corrected chi connectivity index (χ4v) is 5.08. The highest BCUT2D eigenvalue weighted by atomic mass is 32.2. The van der Waals surface area contributed by atoms with E-state index in [4.69, 9.17) is 0 Å². The molecule has 0 radical (unpaired) electrons. The first-order valence-corrected chi connectivity index (χ1v) is 12.0. The largest absolute Gasteiger partial charge is 0.284 e. The molecule has 0 aliphatic heterocycles. The molecule has 3 rings (SSSR count). The molecule has 30 heavy (non-hydrogen) atoms. The van der Waals surface area contributed by atoms with E-state index in [1.165, 1.54) is 36.7 Å². The van der Waals surface area contributed by atoms with Crippen molar-refractivity contribution in [3.05, 3.63) is 84.3 Å². The molecule has 1 aromatic heterocycles. The fraction of sp³-hybridized carbons (Fsp3) is 0.200. The van der Waals surface area contributed by atoms with Gasteiger partial charge in [0.2, 0.25) is 0 Å². The number of benzene rings is 2. The summed E-state index contributed by atoms with van der Waals surface area (Å²) in [7, 11) is -7.63. The Morgan fingerprint density at radius 1 is 0.933 bits per heavy atom. The van der Waals surface area contributed by atoms with E-state index < -0.39 is 20.0 Å². The van der Waals surface area contributed by atoms with Crippen LogP contribution in [0.15, 0.2) is 77.3 Å². The molecule has 0 aliphatic rings. The van der Waals surface area contributed by atoms with Crippen molar-refractivity contribution in [1.29, 1.82) is 0 Å². The molecule has 0 N–H and O–H groups in total. The minimum Gasteiger partial charge on any atom is -0.274 e. The molecule has 0 atom stereocenters. The number of rotatable bonds is 8. The average molecular weight is 447 g/mol. The molecule has 0 fully saturated rings. The summed E-state index contributed by atoms with van der Waals surface area (Å²) < 4.78 is 52.8. The maximum absolute atomic E-state index is 12.8. The van der Waals surface area contributed by atoms with Gasteiger partial charge in [0, 0.05) is 19.2 Å². The monoisotopic (exact) mass is 446 g/mol. The van der Waals surface area contributed by atoms with Crippen LogP contribution in [0.2, 0.25) is 0 Å². The van der Waals surface area contributed by atoms with Crippen LogP contribution in [0.4, 0.5) is 0 Å². The van der Waals surface area contributed by atoms with Gasteiger partial charge in [0.1, 0.15) is 0 Å². The van der Waals surface area contributed by atoms with Gasteiger partial charge in [-0.05, 0) is 38.1 Å². The molecule has 0 saturated carbocycles. The lowest BCUT2D eigenvalue weighted by Crippen LogP contribution is -2.28. The summed E-state index contributed by atoms with van der Waals surface area (Å²) in [4.78, 5) is 0.248. The number of aryl methyl sites for hydroxylation is 2. The molecule has 0 bridgehead atoms. The summed E-state index contributed by atoms with van der Waals surface area (Å²) in [6.07, 6.45) is 2.68. The summed E-state index contributed by atoms with van der Waals surface area (Å²) >= 11 is 0. The Labute approximate surface area is 176 Å². The van der Waals surface area contributed by atoms with Gasteiger partial charge in [-0.15, -0.1) is 9.19 Å². The van der Waals surface area contributed by atoms with Crippen molar-refractivity contribution in [2.45, 2.75) is 30.1 Å². The topological polar surface area (TPSA) is 102 Å². The van der Waals surface area contributed by atoms with Crippen molar-refractivity contribution in [2.75, 3.05) is 6.54 Å². The van der Waals surface area contributed by atoms with Crippen molar-refractivity contribution in [1.82, 2.24) is 18.7 Å². The smallest absolute Gasteiger partial charge is 0.274 e. The van der Waals surface area contributed by atoms with E-state index in [9.17, 15) is 16.8 Å². The molecule has 3 aromatic rings. The number of hydrogen-bond donors (Lipinski definition) is 0. The van der Waals surface area contributed by atoms with Crippen molar-refractivity contribution in [3.8, 4) is 0 Å². The van der Waals surface area contributed by atoms with E-state index >= 15 is 0 Å². The highest BCUT2D eigenvalue weighted by Crippen LogP contribution is 2.18. The Morgan fingerprint density at radius 3 is 2.00 bits per heavy atom. The molecule has 10 heteroatoms. The van der Waals surface area contributed by atoms with Crippen molar-refractivity contribution in [2.24, 2.45) is 0 Å². The lowest BCUT2D eigenvalue weighted by Gasteiger charge is -2.19. The molecule has 0 aliphatic carbocycles. The van der Waals surface area contributed by atoms with Gasteiger partial charge in [-0.25, -0.2) is 8.42 Å². The van der Waals surface area contributed by atoms with Crippen LogP contribution < -0.4 is 0 Å². The van der Waals surface area contributed by atoms with E-state index in [-0.39, 0.29) is 22.8 Å². The third kappa shape index (κ3) is 4.44. The number of sulfonamides is 1. The summed E-state index contributed by atoms with van der Waals surface area (Å²) in [5.41, 5.74) is 2.23. The Kier molecular flexibility index (Phi) is 6.09. The first-order chi connectivity index (χ1) is 14.1. The molecule has 8 nitrogen and oxygen atoms in total. The summed E-state index contributed by atoms with van der Waals surface area (Å²) in [6.45, 7) is 7.36. The van der Waals surface area contributed by atoms with E-state index in [1.807, 2.05) is 13.8 Å². The molecular weight excluding hydrogens is 424 g/mol. The van der Waals surface area contributed by atoms with E-state index in [0.717, 1.165) is 19.5 Å². The predicted molar refractivity (Wildman–Crippen MR) is 113 cm³/mol. The fourth-order valence-electron chi connectivity index (χ4n) is 2.71. The zero-order valence-electron chi connectivity index (χ0n) is 16.6. The predicted octanol–water partition coefficient (Wildman–Crippen LogP) is 2.51. The summed E-state index contributed by atoms with van der Waals surface area (Å²) in [5.74, 6) is 0. The zero-order valence-corrected chi connectivity index (χ0v) is 18.3. The number of hydrogen-bond acceptors (Lipinski definition) is 6. The van der Waals surface area contributed by atoms with E-state index in [1.54, 1.807) is 24.3 Å². The van der Waals surface area contributed by atoms with Gasteiger partial charge in [-0.3, -0.25) is 4.31 Å². The van der Waals surface area contributed by atoms with Gasteiger partial charge in [-0.1, -0.05) is 47.2 Å². The quantitative estimate of drug-likeness (QED) is 0.527. The van der Waals surface area contributed by atoms with Crippen LogP contribution in [-0.4, -0.2) is 42.1 Å². The van der Waals surface area contributed by atoms with E-state index in [0.29, 0.717) is 5.69 Å². The van der Waals surface area contributed by atoms with Gasteiger partial charge >= 0.3 is 0 Å². The third-order valence-corrected chi connectivity index (χ3v) is 7.86. The van der Waals surface area contributed by atoms with Crippen LogP contribution >= 0.6 is 0 Å². The highest BCUT2D eigenvalue weighted by molar-refractivity contribution is 7.90. The first kappa shape index (κ1) is 21.7. The Morgan fingerprint density at radius 2 is 1.47 bits per heavy atom. The molecule has 0 amide bonds. The van der Waals surface area contributed by atoms with Crippen molar-refractivity contribution < 1.29 is 16.8 Å². The van der Waals surface area contributed by atoms with Gasteiger partial charge in [-0.2, -0.15) is 8.42 Å². The van der Waals surface area contributed by atoms with E-state index in [2.05, 4.69) is 16.9 Å². The van der Waals surface area contributed by atoms with Crippen LogP contribution in [-0.2, 0) is 26.5 Å². The molecular formula is C20H22N4O4S2. The van der Waals surface area contributed by atoms with Crippen molar-refractivity contribution >= 4 is 20.0 Å². The summed E-state index contributed by atoms with van der Waals surface area (Å²) in [5, 5.41) is 7.58. The standard InChI is InChI=1S/C20H22N4O4S2/c1-4-23(29(25,26)19-9-5-16(2)6-10-19)14-13-18-15-24(22-21-18)30(27,28)20-11-7-17(3)8-12-20/h4-12,15H,1,13-14H2,2-3H3. The number of nitrogens with zero attached hydrogens (tertiary/aromatic N) is 4. The molecule has 2 aromatic carbocycles. The molecule has 158 valence electrons. The third-order valence-electron chi connectivity index (χ3n) is 4.51. The van der Waals surface area contributed by atoms with Crippen LogP contribution in [0.1, 0.15) is 16.8 Å². The lowest BCUT2D eigenvalue weighted by molar-refractivity contribution is 0.498. The van der Waals surface area contributed by atoms with Crippen LogP contribution in [0.3, 0.4) is 0 Å². The maximum Gasteiger partial charge on any atom is 0.284 e. The van der Waals surface area contributed by atoms with Gasteiger partial charge in [0.25, 0.3) is 20.0 Å². The van der Waals surface area contributed by atoms with Gasteiger partial charge < -0.3 is 0 Å². The number of aromatic nitrogens is 3. The normalized spacial score (nSPS) is 11.9. The maximum atomic E-state index is 12.8. The Hall–Kier alpha value is -2.98. The van der Waals surface area contributed by atoms with Crippen LogP contribution in [0.25, 0.3) is 0 Å².